The van der Waals surface area contributed by atoms with Gasteiger partial charge in [0, 0.05) is 22.6 Å². The number of nitrogens with zero attached hydrogens (tertiary/aromatic N) is 2. The fourth-order valence-corrected chi connectivity index (χ4v) is 3.14. The van der Waals surface area contributed by atoms with Crippen molar-refractivity contribution in [2.45, 2.75) is 69.5 Å². The summed E-state index contributed by atoms with van der Waals surface area (Å²) in [5.41, 5.74) is 2.40. The summed E-state index contributed by atoms with van der Waals surface area (Å²) in [7, 11) is 0. The summed E-state index contributed by atoms with van der Waals surface area (Å²) in [6.45, 7) is 4.37. The molecule has 0 spiro atoms. The molecule has 2 atom stereocenters. The maximum atomic E-state index is 4.71. The zero-order chi connectivity index (χ0) is 13.0. The van der Waals surface area contributed by atoms with E-state index in [2.05, 4.69) is 29.9 Å². The average molecular weight is 264 g/mol. The van der Waals surface area contributed by atoms with Crippen LogP contribution in [0.25, 0.3) is 0 Å². The van der Waals surface area contributed by atoms with Gasteiger partial charge in [-0.2, -0.15) is 12.6 Å². The van der Waals surface area contributed by atoms with Crippen molar-refractivity contribution in [1.82, 2.24) is 9.97 Å². The zero-order valence-electron chi connectivity index (χ0n) is 11.5. The predicted octanol–water partition coefficient (Wildman–Crippen LogP) is 4.34. The smallest absolute Gasteiger partial charge is 0.115 e. The number of thiol groups is 1. The van der Waals surface area contributed by atoms with E-state index in [-0.39, 0.29) is 0 Å². The van der Waals surface area contributed by atoms with E-state index in [1.165, 1.54) is 37.8 Å². The molecule has 0 N–H and O–H groups in total. The third-order valence-corrected chi connectivity index (χ3v) is 4.33. The topological polar surface area (TPSA) is 25.8 Å². The monoisotopic (exact) mass is 264 g/mol. The Balaban J connectivity index is 2.14. The number of aromatic nitrogens is 2. The van der Waals surface area contributed by atoms with Gasteiger partial charge in [-0.15, -0.1) is 0 Å². The standard InChI is InChI=1S/C15H24N2S/c1-11(2)14-9-15(17-10-16-14)12-6-4-3-5-7-13(18)8-12/h9-13,18H,3-8H2,1-2H3. The molecule has 0 bridgehead atoms. The molecule has 0 amide bonds. The maximum absolute atomic E-state index is 4.71. The van der Waals surface area contributed by atoms with Gasteiger partial charge in [0.15, 0.2) is 0 Å². The van der Waals surface area contributed by atoms with Crippen LogP contribution in [0.4, 0.5) is 0 Å². The highest BCUT2D eigenvalue weighted by Gasteiger charge is 2.20. The molecule has 18 heavy (non-hydrogen) atoms. The Bertz CT molecular complexity index is 379. The van der Waals surface area contributed by atoms with Gasteiger partial charge in [-0.05, 0) is 31.2 Å². The summed E-state index contributed by atoms with van der Waals surface area (Å²) >= 11 is 4.71. The van der Waals surface area contributed by atoms with E-state index in [1.54, 1.807) is 6.33 Å². The number of hydrogen-bond acceptors (Lipinski definition) is 3. The molecular weight excluding hydrogens is 240 g/mol. The molecule has 2 rings (SSSR count). The first-order valence-electron chi connectivity index (χ1n) is 7.16. The number of hydrogen-bond donors (Lipinski definition) is 1. The van der Waals surface area contributed by atoms with E-state index in [1.807, 2.05) is 0 Å². The van der Waals surface area contributed by atoms with Crippen LogP contribution in [0.5, 0.6) is 0 Å². The van der Waals surface area contributed by atoms with Crippen molar-refractivity contribution in [3.63, 3.8) is 0 Å². The molecule has 0 aliphatic heterocycles. The molecule has 1 aliphatic carbocycles. The number of rotatable bonds is 2. The molecule has 0 saturated heterocycles. The van der Waals surface area contributed by atoms with Gasteiger partial charge in [0.05, 0.1) is 0 Å². The Morgan fingerprint density at radius 1 is 1.17 bits per heavy atom. The van der Waals surface area contributed by atoms with E-state index < -0.39 is 0 Å². The largest absolute Gasteiger partial charge is 0.241 e. The summed E-state index contributed by atoms with van der Waals surface area (Å²) < 4.78 is 0. The SMILES string of the molecule is CC(C)c1cc(C2CCCCCC(S)C2)ncn1. The normalized spacial score (nSPS) is 25.8. The van der Waals surface area contributed by atoms with Gasteiger partial charge in [0.2, 0.25) is 0 Å². The van der Waals surface area contributed by atoms with Crippen molar-refractivity contribution in [2.75, 3.05) is 0 Å². The lowest BCUT2D eigenvalue weighted by atomic mass is 9.88. The molecule has 1 aliphatic rings. The van der Waals surface area contributed by atoms with E-state index in [4.69, 9.17) is 12.6 Å². The third-order valence-electron chi connectivity index (χ3n) is 3.87. The van der Waals surface area contributed by atoms with Crippen LogP contribution in [0.2, 0.25) is 0 Å². The lowest BCUT2D eigenvalue weighted by Crippen LogP contribution is -2.13. The van der Waals surface area contributed by atoms with E-state index in [0.717, 1.165) is 12.1 Å². The van der Waals surface area contributed by atoms with Gasteiger partial charge in [-0.25, -0.2) is 9.97 Å². The fourth-order valence-electron chi connectivity index (χ4n) is 2.71. The molecule has 1 saturated carbocycles. The van der Waals surface area contributed by atoms with E-state index in [9.17, 15) is 0 Å². The molecule has 100 valence electrons. The molecule has 3 heteroatoms. The Morgan fingerprint density at radius 3 is 2.72 bits per heavy atom. The molecule has 2 nitrogen and oxygen atoms in total. The predicted molar refractivity (Wildman–Crippen MR) is 79.3 cm³/mol. The van der Waals surface area contributed by atoms with Gasteiger partial charge < -0.3 is 0 Å². The van der Waals surface area contributed by atoms with Crippen molar-refractivity contribution in [1.29, 1.82) is 0 Å². The first-order valence-corrected chi connectivity index (χ1v) is 7.68. The summed E-state index contributed by atoms with van der Waals surface area (Å²) in [6, 6.07) is 2.21. The minimum absolute atomic E-state index is 0.479. The summed E-state index contributed by atoms with van der Waals surface area (Å²) in [5, 5.41) is 0.535. The molecule has 1 heterocycles. The maximum Gasteiger partial charge on any atom is 0.115 e. The van der Waals surface area contributed by atoms with Crippen LogP contribution in [0.3, 0.4) is 0 Å². The molecule has 1 fully saturated rings. The van der Waals surface area contributed by atoms with Crippen molar-refractivity contribution in [3.8, 4) is 0 Å². The van der Waals surface area contributed by atoms with Crippen LogP contribution in [-0.2, 0) is 0 Å². The van der Waals surface area contributed by atoms with Crippen molar-refractivity contribution in [3.05, 3.63) is 23.8 Å². The minimum Gasteiger partial charge on any atom is -0.241 e. The summed E-state index contributed by atoms with van der Waals surface area (Å²) in [6.07, 6.45) is 9.41. The molecule has 1 aromatic rings. The van der Waals surface area contributed by atoms with Crippen LogP contribution in [0.15, 0.2) is 12.4 Å². The van der Waals surface area contributed by atoms with Crippen LogP contribution >= 0.6 is 12.6 Å². The second kappa shape index (κ2) is 6.55. The first-order chi connectivity index (χ1) is 8.66. The summed E-state index contributed by atoms with van der Waals surface area (Å²) in [4.78, 5) is 8.87. The van der Waals surface area contributed by atoms with Gasteiger partial charge >= 0.3 is 0 Å². The lowest BCUT2D eigenvalue weighted by Gasteiger charge is -2.23. The minimum atomic E-state index is 0.479. The highest BCUT2D eigenvalue weighted by atomic mass is 32.1. The van der Waals surface area contributed by atoms with Gasteiger partial charge in [-0.1, -0.05) is 33.1 Å². The average Bonchev–Trinajstić information content (AvgIpc) is 2.33. The highest BCUT2D eigenvalue weighted by Crippen LogP contribution is 2.32. The van der Waals surface area contributed by atoms with Gasteiger partial charge in [0.1, 0.15) is 6.33 Å². The van der Waals surface area contributed by atoms with Crippen LogP contribution in [0.1, 0.15) is 75.6 Å². The molecular formula is C15H24N2S. The second-order valence-corrected chi connectivity index (χ2v) is 6.48. The van der Waals surface area contributed by atoms with Gasteiger partial charge in [-0.3, -0.25) is 0 Å². The summed E-state index contributed by atoms with van der Waals surface area (Å²) in [5.74, 6) is 1.06. The van der Waals surface area contributed by atoms with E-state index in [0.29, 0.717) is 17.1 Å². The van der Waals surface area contributed by atoms with Crippen molar-refractivity contribution < 1.29 is 0 Å². The molecule has 2 unspecified atom stereocenters. The quantitative estimate of drug-likeness (QED) is 0.804. The molecule has 0 aromatic carbocycles. The van der Waals surface area contributed by atoms with Crippen molar-refractivity contribution >= 4 is 12.6 Å². The highest BCUT2D eigenvalue weighted by molar-refractivity contribution is 7.80. The van der Waals surface area contributed by atoms with E-state index >= 15 is 0 Å². The second-order valence-electron chi connectivity index (χ2n) is 5.75. The Hall–Kier alpha value is -0.570. The Labute approximate surface area is 116 Å². The van der Waals surface area contributed by atoms with Crippen LogP contribution in [0, 0.1) is 0 Å². The van der Waals surface area contributed by atoms with Crippen molar-refractivity contribution in [2.24, 2.45) is 0 Å². The van der Waals surface area contributed by atoms with Crippen LogP contribution in [-0.4, -0.2) is 15.2 Å². The lowest BCUT2D eigenvalue weighted by molar-refractivity contribution is 0.457. The Kier molecular flexibility index (Phi) is 5.04. The van der Waals surface area contributed by atoms with Crippen LogP contribution < -0.4 is 0 Å². The molecule has 1 aromatic heterocycles. The first kappa shape index (κ1) is 13.9. The zero-order valence-corrected chi connectivity index (χ0v) is 12.4. The third kappa shape index (κ3) is 3.71. The van der Waals surface area contributed by atoms with Gasteiger partial charge in [0.25, 0.3) is 0 Å². The molecule has 0 radical (unpaired) electrons. The Morgan fingerprint density at radius 2 is 1.94 bits per heavy atom. The fraction of sp³-hybridized carbons (Fsp3) is 0.733.